The van der Waals surface area contributed by atoms with E-state index in [0.717, 1.165) is 12.0 Å². The number of unbranched alkanes of at least 4 members (excludes halogenated alkanes) is 9. The second kappa shape index (κ2) is 18.0. The molecular weight excluding hydrogens is 416 g/mol. The maximum absolute atomic E-state index is 10.1. The van der Waals surface area contributed by atoms with Crippen LogP contribution in [-0.4, -0.2) is 18.0 Å². The van der Waals surface area contributed by atoms with E-state index in [9.17, 15) is 5.11 Å². The van der Waals surface area contributed by atoms with E-state index in [0.29, 0.717) is 6.61 Å². The Morgan fingerprint density at radius 1 is 0.941 bits per heavy atom. The monoisotopic (exact) mass is 470 g/mol. The van der Waals surface area contributed by atoms with E-state index >= 15 is 0 Å². The Morgan fingerprint density at radius 3 is 2.18 bits per heavy atom. The minimum absolute atomic E-state index is 0.276. The second-order valence-electron chi connectivity index (χ2n) is 10.9. The van der Waals surface area contributed by atoms with Gasteiger partial charge in [-0.3, -0.25) is 0 Å². The fraction of sp³-hybridized carbons (Fsp3) is 0.688. The van der Waals surface area contributed by atoms with Crippen molar-refractivity contribution >= 4 is 0 Å². The van der Waals surface area contributed by atoms with Gasteiger partial charge in [0.25, 0.3) is 0 Å². The number of hydrogen-bond donors (Lipinski definition) is 1. The zero-order valence-corrected chi connectivity index (χ0v) is 23.3. The van der Waals surface area contributed by atoms with Crippen molar-refractivity contribution in [3.8, 4) is 0 Å². The molecule has 34 heavy (non-hydrogen) atoms. The predicted molar refractivity (Wildman–Crippen MR) is 150 cm³/mol. The topological polar surface area (TPSA) is 29.5 Å². The molecule has 0 radical (unpaired) electrons. The van der Waals surface area contributed by atoms with Gasteiger partial charge in [-0.1, -0.05) is 126 Å². The van der Waals surface area contributed by atoms with E-state index in [1.807, 2.05) is 19.1 Å². The van der Waals surface area contributed by atoms with Crippen LogP contribution in [0.4, 0.5) is 0 Å². The Bertz CT molecular complexity index is 703. The molecular formula is C32H54O2. The van der Waals surface area contributed by atoms with Crippen LogP contribution in [0.15, 0.2) is 58.7 Å². The van der Waals surface area contributed by atoms with Gasteiger partial charge in [0.2, 0.25) is 0 Å². The van der Waals surface area contributed by atoms with Gasteiger partial charge in [-0.05, 0) is 63.5 Å². The molecule has 0 aromatic heterocycles. The van der Waals surface area contributed by atoms with Crippen molar-refractivity contribution in [2.75, 3.05) is 6.61 Å². The molecule has 2 nitrogen and oxygen atoms in total. The third-order valence-corrected chi connectivity index (χ3v) is 6.97. The highest BCUT2D eigenvalue weighted by atomic mass is 16.6. The lowest BCUT2D eigenvalue weighted by atomic mass is 9.72. The van der Waals surface area contributed by atoms with E-state index in [2.05, 4.69) is 52.8 Å². The van der Waals surface area contributed by atoms with Gasteiger partial charge in [-0.15, -0.1) is 0 Å². The fourth-order valence-corrected chi connectivity index (χ4v) is 4.75. The average molecular weight is 471 g/mol. The number of allylic oxidation sites excluding steroid dienone is 9. The van der Waals surface area contributed by atoms with Gasteiger partial charge < -0.3 is 9.84 Å². The summed E-state index contributed by atoms with van der Waals surface area (Å²) in [5.74, 6) is 0. The lowest BCUT2D eigenvalue weighted by Crippen LogP contribution is -2.19. The van der Waals surface area contributed by atoms with Crippen molar-refractivity contribution in [2.45, 2.75) is 131 Å². The van der Waals surface area contributed by atoms with Crippen LogP contribution in [0.25, 0.3) is 0 Å². The van der Waals surface area contributed by atoms with Crippen molar-refractivity contribution in [2.24, 2.45) is 5.41 Å². The first-order valence-corrected chi connectivity index (χ1v) is 14.0. The largest absolute Gasteiger partial charge is 0.365 e. The van der Waals surface area contributed by atoms with E-state index in [1.54, 1.807) is 6.08 Å². The molecule has 0 heterocycles. The maximum Gasteiger partial charge on any atom is 0.174 e. The Labute approximate surface area is 212 Å². The van der Waals surface area contributed by atoms with Gasteiger partial charge in [0.15, 0.2) is 6.29 Å². The number of aliphatic hydroxyl groups excluding tert-OH is 1. The minimum Gasteiger partial charge on any atom is -0.365 e. The molecule has 1 aliphatic carbocycles. The highest BCUT2D eigenvalue weighted by Crippen LogP contribution is 2.40. The molecule has 0 bridgehead atoms. The first-order chi connectivity index (χ1) is 16.3. The van der Waals surface area contributed by atoms with Crippen molar-refractivity contribution in [1.29, 1.82) is 0 Å². The third-order valence-electron chi connectivity index (χ3n) is 6.97. The first kappa shape index (κ1) is 30.7. The molecule has 1 atom stereocenters. The number of rotatable bonds is 17. The number of ether oxygens (including phenoxy) is 1. The molecule has 0 fully saturated rings. The Balaban J connectivity index is 2.27. The predicted octanol–water partition coefficient (Wildman–Crippen LogP) is 9.77. The summed E-state index contributed by atoms with van der Waals surface area (Å²) in [6.07, 6.45) is 28.5. The molecule has 0 aliphatic heterocycles. The summed E-state index contributed by atoms with van der Waals surface area (Å²) in [6.45, 7) is 14.0. The lowest BCUT2D eigenvalue weighted by molar-refractivity contribution is -0.0654. The van der Waals surface area contributed by atoms with E-state index in [4.69, 9.17) is 4.74 Å². The number of hydrogen-bond acceptors (Lipinski definition) is 2. The molecule has 0 aromatic carbocycles. The third kappa shape index (κ3) is 14.1. The molecule has 0 spiro atoms. The zero-order valence-electron chi connectivity index (χ0n) is 23.3. The van der Waals surface area contributed by atoms with Crippen molar-refractivity contribution < 1.29 is 9.84 Å². The standard InChI is InChI=1S/C32H54O2/c1-7-8-9-10-11-12-13-14-15-16-25-34-31(33)26-28(3)20-17-19-27(2)22-23-30-29(4)21-18-24-32(30,5)6/h17,19-20,22-23,26,31,33H,7-16,18,21,24-25H2,1-6H3. The molecule has 0 saturated carbocycles. The Morgan fingerprint density at radius 2 is 1.56 bits per heavy atom. The summed E-state index contributed by atoms with van der Waals surface area (Å²) >= 11 is 0. The Hall–Kier alpha value is -1.38. The summed E-state index contributed by atoms with van der Waals surface area (Å²) in [7, 11) is 0. The van der Waals surface area contributed by atoms with Gasteiger partial charge in [-0.25, -0.2) is 0 Å². The van der Waals surface area contributed by atoms with Crippen molar-refractivity contribution in [1.82, 2.24) is 0 Å². The summed E-state index contributed by atoms with van der Waals surface area (Å²) in [4.78, 5) is 0. The average Bonchev–Trinajstić information content (AvgIpc) is 2.76. The molecule has 2 heteroatoms. The molecule has 1 N–H and O–H groups in total. The normalized spacial score (nSPS) is 18.4. The first-order valence-electron chi connectivity index (χ1n) is 14.0. The Kier molecular flexibility index (Phi) is 16.2. The SMILES string of the molecule is CCCCCCCCCCCCOC(O)C=C(C)C=CC=C(C)C=CC1=C(C)CCCC1(C)C. The maximum atomic E-state index is 10.1. The van der Waals surface area contributed by atoms with Gasteiger partial charge >= 0.3 is 0 Å². The zero-order chi connectivity index (χ0) is 25.2. The summed E-state index contributed by atoms with van der Waals surface area (Å²) in [5.41, 5.74) is 5.54. The second-order valence-corrected chi connectivity index (χ2v) is 10.9. The van der Waals surface area contributed by atoms with Crippen LogP contribution in [0.1, 0.15) is 125 Å². The van der Waals surface area contributed by atoms with E-state index in [-0.39, 0.29) is 5.41 Å². The van der Waals surface area contributed by atoms with Crippen LogP contribution in [0.3, 0.4) is 0 Å². The molecule has 0 aromatic rings. The quantitative estimate of drug-likeness (QED) is 0.130. The lowest BCUT2D eigenvalue weighted by Gasteiger charge is -2.32. The van der Waals surface area contributed by atoms with Crippen molar-refractivity contribution in [3.05, 3.63) is 58.7 Å². The molecule has 1 unspecified atom stereocenters. The van der Waals surface area contributed by atoms with Gasteiger partial charge in [-0.2, -0.15) is 0 Å². The molecule has 0 saturated heterocycles. The van der Waals surface area contributed by atoms with E-state index < -0.39 is 6.29 Å². The van der Waals surface area contributed by atoms with Crippen LogP contribution in [0.2, 0.25) is 0 Å². The highest BCUT2D eigenvalue weighted by Gasteiger charge is 2.26. The van der Waals surface area contributed by atoms with Crippen molar-refractivity contribution in [3.63, 3.8) is 0 Å². The summed E-state index contributed by atoms with van der Waals surface area (Å²) in [6, 6.07) is 0. The van der Waals surface area contributed by atoms with Gasteiger partial charge in [0.05, 0.1) is 6.61 Å². The van der Waals surface area contributed by atoms with Crippen LogP contribution < -0.4 is 0 Å². The smallest absolute Gasteiger partial charge is 0.174 e. The van der Waals surface area contributed by atoms with Crippen LogP contribution in [-0.2, 0) is 4.74 Å². The molecule has 194 valence electrons. The van der Waals surface area contributed by atoms with Gasteiger partial charge in [0.1, 0.15) is 0 Å². The van der Waals surface area contributed by atoms with Crippen LogP contribution in [0, 0.1) is 5.41 Å². The van der Waals surface area contributed by atoms with E-state index in [1.165, 1.54) is 93.8 Å². The van der Waals surface area contributed by atoms with Gasteiger partial charge in [0, 0.05) is 0 Å². The van der Waals surface area contributed by atoms with Crippen LogP contribution >= 0.6 is 0 Å². The fourth-order valence-electron chi connectivity index (χ4n) is 4.75. The summed E-state index contributed by atoms with van der Waals surface area (Å²) in [5, 5.41) is 10.1. The van der Waals surface area contributed by atoms with Crippen LogP contribution in [0.5, 0.6) is 0 Å². The molecule has 1 aliphatic rings. The molecule has 0 amide bonds. The minimum atomic E-state index is -0.823. The highest BCUT2D eigenvalue weighted by molar-refractivity contribution is 5.37. The summed E-state index contributed by atoms with van der Waals surface area (Å²) < 4.78 is 5.56. The molecule has 1 rings (SSSR count). The number of aliphatic hydroxyl groups is 1.